The lowest BCUT2D eigenvalue weighted by atomic mass is 9.96. The van der Waals surface area contributed by atoms with Gasteiger partial charge in [-0.3, -0.25) is 9.59 Å². The first kappa shape index (κ1) is 19.4. The van der Waals surface area contributed by atoms with E-state index in [0.717, 1.165) is 11.3 Å². The van der Waals surface area contributed by atoms with E-state index >= 15 is 0 Å². The number of ether oxygens (including phenoxy) is 1. The van der Waals surface area contributed by atoms with Crippen molar-refractivity contribution in [1.29, 1.82) is 0 Å². The summed E-state index contributed by atoms with van der Waals surface area (Å²) in [6, 6.07) is 19.2. The van der Waals surface area contributed by atoms with E-state index in [-0.39, 0.29) is 29.1 Å². The van der Waals surface area contributed by atoms with Crippen molar-refractivity contribution >= 4 is 5.91 Å². The zero-order valence-electron chi connectivity index (χ0n) is 16.1. The molecule has 144 valence electrons. The number of benzene rings is 2. The van der Waals surface area contributed by atoms with Crippen molar-refractivity contribution in [1.82, 2.24) is 15.1 Å². The van der Waals surface area contributed by atoms with Gasteiger partial charge in [0.05, 0.1) is 18.8 Å². The normalized spacial score (nSPS) is 11.9. The van der Waals surface area contributed by atoms with Crippen LogP contribution in [0.5, 0.6) is 5.75 Å². The molecule has 0 aliphatic rings. The number of hydrogen-bond donors (Lipinski definition) is 1. The summed E-state index contributed by atoms with van der Waals surface area (Å²) in [6.45, 7) is 4.07. The van der Waals surface area contributed by atoms with Crippen LogP contribution in [0.4, 0.5) is 0 Å². The Hall–Kier alpha value is -3.41. The van der Waals surface area contributed by atoms with E-state index in [0.29, 0.717) is 5.69 Å². The number of carbonyl (C=O) groups excluding carboxylic acids is 1. The van der Waals surface area contributed by atoms with Crippen LogP contribution in [0.3, 0.4) is 0 Å². The highest BCUT2D eigenvalue weighted by molar-refractivity contribution is 5.92. The Morgan fingerprint density at radius 1 is 1.00 bits per heavy atom. The number of rotatable bonds is 6. The Bertz CT molecular complexity index is 996. The summed E-state index contributed by atoms with van der Waals surface area (Å²) in [5, 5.41) is 7.28. The molecule has 0 bridgehead atoms. The molecule has 2 aromatic carbocycles. The maximum atomic E-state index is 12.8. The Balaban J connectivity index is 1.87. The summed E-state index contributed by atoms with van der Waals surface area (Å²) < 4.78 is 6.43. The van der Waals surface area contributed by atoms with Crippen LogP contribution in [0.1, 0.15) is 35.9 Å². The summed E-state index contributed by atoms with van der Waals surface area (Å²) in [4.78, 5) is 25.0. The van der Waals surface area contributed by atoms with Gasteiger partial charge in [-0.25, -0.2) is 0 Å². The molecule has 1 aromatic heterocycles. The minimum absolute atomic E-state index is 0.164. The Labute approximate surface area is 163 Å². The Morgan fingerprint density at radius 2 is 1.68 bits per heavy atom. The lowest BCUT2D eigenvalue weighted by Crippen LogP contribution is -2.34. The van der Waals surface area contributed by atoms with Gasteiger partial charge in [0.25, 0.3) is 11.5 Å². The second-order valence-corrected chi connectivity index (χ2v) is 6.77. The molecule has 0 saturated carbocycles. The molecule has 3 aromatic rings. The number of nitrogens with zero attached hydrogens (tertiary/aromatic N) is 2. The summed E-state index contributed by atoms with van der Waals surface area (Å²) in [7, 11) is 1.62. The van der Waals surface area contributed by atoms with Crippen LogP contribution in [-0.2, 0) is 0 Å². The fourth-order valence-corrected chi connectivity index (χ4v) is 2.95. The maximum absolute atomic E-state index is 12.8. The number of methoxy groups -OCH3 is 1. The molecule has 6 heteroatoms. The average Bonchev–Trinajstić information content (AvgIpc) is 2.72. The van der Waals surface area contributed by atoms with Gasteiger partial charge >= 0.3 is 0 Å². The number of hydrogen-bond acceptors (Lipinski definition) is 4. The van der Waals surface area contributed by atoms with E-state index in [1.54, 1.807) is 19.2 Å². The fourth-order valence-electron chi connectivity index (χ4n) is 2.95. The van der Waals surface area contributed by atoms with Crippen LogP contribution in [0.2, 0.25) is 0 Å². The first-order valence-electron chi connectivity index (χ1n) is 9.10. The van der Waals surface area contributed by atoms with Crippen molar-refractivity contribution in [2.24, 2.45) is 5.92 Å². The first-order valence-corrected chi connectivity index (χ1v) is 9.10. The standard InChI is InChI=1S/C22H23N3O3/c1-15(2)21(16-9-11-18(28-3)12-10-16)23-22(27)19-13-14-20(26)25(24-19)17-7-5-4-6-8-17/h4-15,21H,1-3H3,(H,23,27). The molecule has 1 amide bonds. The third kappa shape index (κ3) is 4.28. The minimum Gasteiger partial charge on any atom is -0.497 e. The molecular weight excluding hydrogens is 354 g/mol. The molecule has 6 nitrogen and oxygen atoms in total. The van der Waals surface area contributed by atoms with Crippen LogP contribution in [0.15, 0.2) is 71.5 Å². The predicted octanol–water partition coefficient (Wildman–Crippen LogP) is 3.37. The van der Waals surface area contributed by atoms with Gasteiger partial charge < -0.3 is 10.1 Å². The summed E-state index contributed by atoms with van der Waals surface area (Å²) in [5.74, 6) is 0.589. The van der Waals surface area contributed by atoms with Crippen LogP contribution in [0.25, 0.3) is 5.69 Å². The maximum Gasteiger partial charge on any atom is 0.272 e. The molecule has 0 aliphatic carbocycles. The quantitative estimate of drug-likeness (QED) is 0.715. The lowest BCUT2D eigenvalue weighted by Gasteiger charge is -2.23. The molecule has 0 spiro atoms. The lowest BCUT2D eigenvalue weighted by molar-refractivity contribution is 0.0918. The van der Waals surface area contributed by atoms with Crippen molar-refractivity contribution in [3.05, 3.63) is 88.3 Å². The van der Waals surface area contributed by atoms with Crippen LogP contribution in [0, 0.1) is 5.92 Å². The monoisotopic (exact) mass is 377 g/mol. The first-order chi connectivity index (χ1) is 13.5. The molecule has 1 heterocycles. The van der Waals surface area contributed by atoms with Crippen molar-refractivity contribution in [2.75, 3.05) is 7.11 Å². The van der Waals surface area contributed by atoms with Gasteiger partial charge in [-0.05, 0) is 41.8 Å². The summed E-state index contributed by atoms with van der Waals surface area (Å²) in [5.41, 5.74) is 1.47. The van der Waals surface area contributed by atoms with E-state index < -0.39 is 0 Å². The predicted molar refractivity (Wildman–Crippen MR) is 108 cm³/mol. The summed E-state index contributed by atoms with van der Waals surface area (Å²) in [6.07, 6.45) is 0. The van der Waals surface area contributed by atoms with Gasteiger partial charge in [0.15, 0.2) is 0 Å². The van der Waals surface area contributed by atoms with Crippen molar-refractivity contribution < 1.29 is 9.53 Å². The highest BCUT2D eigenvalue weighted by atomic mass is 16.5. The van der Waals surface area contributed by atoms with Crippen molar-refractivity contribution in [3.63, 3.8) is 0 Å². The number of nitrogens with one attached hydrogen (secondary N) is 1. The number of amides is 1. The third-order valence-electron chi connectivity index (χ3n) is 4.46. The topological polar surface area (TPSA) is 73.2 Å². The molecule has 1 N–H and O–H groups in total. The van der Waals surface area contributed by atoms with Crippen molar-refractivity contribution in [3.8, 4) is 11.4 Å². The highest BCUT2D eigenvalue weighted by Gasteiger charge is 2.20. The van der Waals surface area contributed by atoms with Crippen LogP contribution in [-0.4, -0.2) is 22.8 Å². The molecule has 3 rings (SSSR count). The summed E-state index contributed by atoms with van der Waals surface area (Å²) >= 11 is 0. The zero-order valence-corrected chi connectivity index (χ0v) is 16.1. The van der Waals surface area contributed by atoms with Crippen molar-refractivity contribution in [2.45, 2.75) is 19.9 Å². The highest BCUT2D eigenvalue weighted by Crippen LogP contribution is 2.24. The molecule has 0 fully saturated rings. The molecule has 0 saturated heterocycles. The molecular formula is C22H23N3O3. The molecule has 1 atom stereocenters. The van der Waals surface area contributed by atoms with E-state index in [1.807, 2.05) is 56.3 Å². The molecule has 1 unspecified atom stereocenters. The zero-order chi connectivity index (χ0) is 20.1. The second-order valence-electron chi connectivity index (χ2n) is 6.77. The molecule has 28 heavy (non-hydrogen) atoms. The Kier molecular flexibility index (Phi) is 5.89. The van der Waals surface area contributed by atoms with Gasteiger partial charge in [-0.15, -0.1) is 0 Å². The fraction of sp³-hybridized carbons (Fsp3) is 0.227. The van der Waals surface area contributed by atoms with E-state index in [2.05, 4.69) is 10.4 Å². The Morgan fingerprint density at radius 3 is 2.29 bits per heavy atom. The number of carbonyl (C=O) groups is 1. The smallest absolute Gasteiger partial charge is 0.272 e. The number of para-hydroxylation sites is 1. The minimum atomic E-state index is -0.334. The van der Waals surface area contributed by atoms with Gasteiger partial charge in [-0.1, -0.05) is 44.2 Å². The number of aromatic nitrogens is 2. The van der Waals surface area contributed by atoms with E-state index in [9.17, 15) is 9.59 Å². The van der Waals surface area contributed by atoms with Crippen LogP contribution >= 0.6 is 0 Å². The van der Waals surface area contributed by atoms with Gasteiger partial charge in [0.2, 0.25) is 0 Å². The van der Waals surface area contributed by atoms with E-state index in [1.165, 1.54) is 16.8 Å². The van der Waals surface area contributed by atoms with Gasteiger partial charge in [-0.2, -0.15) is 9.78 Å². The average molecular weight is 377 g/mol. The molecule has 0 aliphatic heterocycles. The van der Waals surface area contributed by atoms with Gasteiger partial charge in [0.1, 0.15) is 11.4 Å². The van der Waals surface area contributed by atoms with E-state index in [4.69, 9.17) is 4.74 Å². The SMILES string of the molecule is COc1ccc(C(NC(=O)c2ccc(=O)n(-c3ccccc3)n2)C(C)C)cc1. The second kappa shape index (κ2) is 8.52. The largest absolute Gasteiger partial charge is 0.497 e. The molecule has 0 radical (unpaired) electrons. The third-order valence-corrected chi connectivity index (χ3v) is 4.46. The van der Waals surface area contributed by atoms with Gasteiger partial charge in [0, 0.05) is 6.07 Å². The van der Waals surface area contributed by atoms with Crippen LogP contribution < -0.4 is 15.6 Å².